The van der Waals surface area contributed by atoms with Gasteiger partial charge in [0.15, 0.2) is 0 Å². The van der Waals surface area contributed by atoms with Crippen molar-refractivity contribution >= 4 is 17.7 Å². The van der Waals surface area contributed by atoms with Crippen LogP contribution in [0.5, 0.6) is 5.75 Å². The van der Waals surface area contributed by atoms with Crippen molar-refractivity contribution in [3.05, 3.63) is 29.3 Å². The number of nitrogens with one attached hydrogen (secondary N) is 2. The van der Waals surface area contributed by atoms with Crippen LogP contribution in [0.3, 0.4) is 0 Å². The molecule has 0 radical (unpaired) electrons. The zero-order chi connectivity index (χ0) is 16.0. The van der Waals surface area contributed by atoms with Crippen LogP contribution >= 0.6 is 0 Å². The van der Waals surface area contributed by atoms with Crippen LogP contribution < -0.4 is 15.4 Å². The molecule has 0 aliphatic carbocycles. The van der Waals surface area contributed by atoms with Gasteiger partial charge >= 0.3 is 0 Å². The highest BCUT2D eigenvalue weighted by atomic mass is 16.5. The largest absolute Gasteiger partial charge is 0.487 e. The summed E-state index contributed by atoms with van der Waals surface area (Å²) in [5.74, 6) is -0.295. The van der Waals surface area contributed by atoms with Crippen molar-refractivity contribution in [2.45, 2.75) is 31.5 Å². The molecule has 0 spiro atoms. The van der Waals surface area contributed by atoms with E-state index in [4.69, 9.17) is 4.74 Å². The van der Waals surface area contributed by atoms with E-state index in [0.29, 0.717) is 24.3 Å². The number of piperidine rings is 1. The van der Waals surface area contributed by atoms with E-state index in [-0.39, 0.29) is 24.3 Å². The third-order valence-corrected chi connectivity index (χ3v) is 4.55. The third kappa shape index (κ3) is 2.37. The van der Waals surface area contributed by atoms with Gasteiger partial charge in [-0.2, -0.15) is 0 Å². The average Bonchev–Trinajstić information content (AvgIpc) is 2.81. The summed E-state index contributed by atoms with van der Waals surface area (Å²) >= 11 is 0. The molecule has 2 fully saturated rings. The first-order valence-corrected chi connectivity index (χ1v) is 7.77. The molecule has 2 saturated heterocycles. The van der Waals surface area contributed by atoms with Crippen molar-refractivity contribution < 1.29 is 19.1 Å². The number of amides is 3. The molecule has 0 bridgehead atoms. The van der Waals surface area contributed by atoms with Crippen LogP contribution in [0.4, 0.5) is 0 Å². The molecule has 0 saturated carbocycles. The molecule has 3 aliphatic heterocycles. The summed E-state index contributed by atoms with van der Waals surface area (Å²) in [7, 11) is 0. The van der Waals surface area contributed by atoms with Crippen LogP contribution in [0.15, 0.2) is 18.2 Å². The van der Waals surface area contributed by atoms with Gasteiger partial charge in [0.2, 0.25) is 11.8 Å². The van der Waals surface area contributed by atoms with Gasteiger partial charge in [-0.25, -0.2) is 0 Å². The number of carbonyl (C=O) groups excluding carboxylic acids is 3. The van der Waals surface area contributed by atoms with Gasteiger partial charge in [0.1, 0.15) is 17.9 Å². The Morgan fingerprint density at radius 3 is 2.70 bits per heavy atom. The number of nitrogens with zero attached hydrogens (tertiary/aromatic N) is 1. The standard InChI is InChI=1S/C16H17N3O4/c20-13-5-4-11(15(21)18-13)19-8-9-2-1-3-12(14(9)16(19)22)23-10-6-17-7-10/h1-3,10-11,17H,4-8H2,(H,18,20,21). The summed E-state index contributed by atoms with van der Waals surface area (Å²) in [6, 6.07) is 4.95. The third-order valence-electron chi connectivity index (χ3n) is 4.55. The Morgan fingerprint density at radius 1 is 1.17 bits per heavy atom. The van der Waals surface area contributed by atoms with Crippen LogP contribution in [0, 0.1) is 0 Å². The van der Waals surface area contributed by atoms with Gasteiger partial charge in [0, 0.05) is 26.1 Å². The van der Waals surface area contributed by atoms with Gasteiger partial charge in [-0.15, -0.1) is 0 Å². The molecular formula is C16H17N3O4. The second-order valence-electron chi connectivity index (χ2n) is 6.09. The topological polar surface area (TPSA) is 87.7 Å². The molecule has 7 heteroatoms. The molecule has 2 N–H and O–H groups in total. The van der Waals surface area contributed by atoms with Crippen molar-refractivity contribution in [3.8, 4) is 5.75 Å². The summed E-state index contributed by atoms with van der Waals surface area (Å²) < 4.78 is 5.88. The molecule has 1 aromatic carbocycles. The maximum absolute atomic E-state index is 12.8. The minimum absolute atomic E-state index is 0.0824. The van der Waals surface area contributed by atoms with E-state index in [1.165, 1.54) is 0 Å². The quantitative estimate of drug-likeness (QED) is 0.754. The SMILES string of the molecule is O=C1CCC(N2Cc3cccc(OC4CNC4)c3C2=O)C(=O)N1. The number of fused-ring (bicyclic) bond motifs is 1. The van der Waals surface area contributed by atoms with Crippen molar-refractivity contribution in [2.24, 2.45) is 0 Å². The number of imide groups is 1. The van der Waals surface area contributed by atoms with Crippen LogP contribution in [0.25, 0.3) is 0 Å². The van der Waals surface area contributed by atoms with Crippen LogP contribution in [0.1, 0.15) is 28.8 Å². The molecule has 7 nitrogen and oxygen atoms in total. The second-order valence-corrected chi connectivity index (χ2v) is 6.09. The van der Waals surface area contributed by atoms with Crippen LogP contribution in [0.2, 0.25) is 0 Å². The Kier molecular flexibility index (Phi) is 3.30. The monoisotopic (exact) mass is 315 g/mol. The first-order valence-electron chi connectivity index (χ1n) is 7.77. The molecular weight excluding hydrogens is 298 g/mol. The summed E-state index contributed by atoms with van der Waals surface area (Å²) in [5, 5.41) is 5.43. The van der Waals surface area contributed by atoms with E-state index in [1.54, 1.807) is 11.0 Å². The molecule has 3 amide bonds. The van der Waals surface area contributed by atoms with E-state index in [2.05, 4.69) is 10.6 Å². The van der Waals surface area contributed by atoms with Crippen LogP contribution in [-0.4, -0.2) is 47.9 Å². The fourth-order valence-corrected chi connectivity index (χ4v) is 3.20. The fraction of sp³-hybridized carbons (Fsp3) is 0.438. The van der Waals surface area contributed by atoms with Gasteiger partial charge < -0.3 is 15.0 Å². The van der Waals surface area contributed by atoms with E-state index in [0.717, 1.165) is 18.7 Å². The Balaban J connectivity index is 1.59. The summed E-state index contributed by atoms with van der Waals surface area (Å²) in [6.07, 6.45) is 0.708. The molecule has 4 rings (SSSR count). The van der Waals surface area contributed by atoms with Gasteiger partial charge in [-0.05, 0) is 18.1 Å². The van der Waals surface area contributed by atoms with Crippen molar-refractivity contribution in [2.75, 3.05) is 13.1 Å². The maximum Gasteiger partial charge on any atom is 0.258 e. The fourth-order valence-electron chi connectivity index (χ4n) is 3.20. The lowest BCUT2D eigenvalue weighted by Crippen LogP contribution is -2.52. The highest BCUT2D eigenvalue weighted by Gasteiger charge is 2.40. The molecule has 120 valence electrons. The van der Waals surface area contributed by atoms with Gasteiger partial charge in [0.05, 0.1) is 5.56 Å². The first-order chi connectivity index (χ1) is 11.1. The molecule has 3 heterocycles. The Bertz CT molecular complexity index is 699. The molecule has 1 atom stereocenters. The molecule has 23 heavy (non-hydrogen) atoms. The molecule has 1 unspecified atom stereocenters. The lowest BCUT2D eigenvalue weighted by Gasteiger charge is -2.30. The van der Waals surface area contributed by atoms with Crippen molar-refractivity contribution in [1.29, 1.82) is 0 Å². The number of hydrogen-bond donors (Lipinski definition) is 2. The molecule has 3 aliphatic rings. The summed E-state index contributed by atoms with van der Waals surface area (Å²) in [5.41, 5.74) is 1.41. The van der Waals surface area contributed by atoms with Gasteiger partial charge in [-0.3, -0.25) is 19.7 Å². The average molecular weight is 315 g/mol. The minimum atomic E-state index is -0.592. The van der Waals surface area contributed by atoms with Crippen molar-refractivity contribution in [1.82, 2.24) is 15.5 Å². The second kappa shape index (κ2) is 5.34. The highest BCUT2D eigenvalue weighted by molar-refractivity contribution is 6.06. The van der Waals surface area contributed by atoms with E-state index < -0.39 is 11.9 Å². The Labute approximate surface area is 133 Å². The minimum Gasteiger partial charge on any atom is -0.487 e. The lowest BCUT2D eigenvalue weighted by atomic mass is 10.0. The summed E-state index contributed by atoms with van der Waals surface area (Å²) in [6.45, 7) is 1.92. The van der Waals surface area contributed by atoms with E-state index >= 15 is 0 Å². The van der Waals surface area contributed by atoms with E-state index in [1.807, 2.05) is 12.1 Å². The van der Waals surface area contributed by atoms with Crippen molar-refractivity contribution in [3.63, 3.8) is 0 Å². The number of carbonyl (C=O) groups is 3. The predicted octanol–water partition coefficient (Wildman–Crippen LogP) is -0.202. The number of rotatable bonds is 3. The Hall–Kier alpha value is -2.41. The number of benzene rings is 1. The number of ether oxygens (including phenoxy) is 1. The first kappa shape index (κ1) is 14.2. The number of hydrogen-bond acceptors (Lipinski definition) is 5. The zero-order valence-electron chi connectivity index (χ0n) is 12.5. The Morgan fingerprint density at radius 2 is 2.00 bits per heavy atom. The normalized spacial score (nSPS) is 24.3. The lowest BCUT2D eigenvalue weighted by molar-refractivity contribution is -0.136. The maximum atomic E-state index is 12.8. The van der Waals surface area contributed by atoms with E-state index in [9.17, 15) is 14.4 Å². The molecule has 0 aromatic heterocycles. The predicted molar refractivity (Wildman–Crippen MR) is 79.8 cm³/mol. The van der Waals surface area contributed by atoms with Gasteiger partial charge in [0.25, 0.3) is 5.91 Å². The van der Waals surface area contributed by atoms with Gasteiger partial charge in [-0.1, -0.05) is 12.1 Å². The molecule has 1 aromatic rings. The smallest absolute Gasteiger partial charge is 0.258 e. The summed E-state index contributed by atoms with van der Waals surface area (Å²) in [4.78, 5) is 37.7. The highest BCUT2D eigenvalue weighted by Crippen LogP contribution is 2.34. The zero-order valence-corrected chi connectivity index (χ0v) is 12.5. The van der Waals surface area contributed by atoms with Crippen LogP contribution in [-0.2, 0) is 16.1 Å².